The zero-order valence-electron chi connectivity index (χ0n) is 14.8. The van der Waals surface area contributed by atoms with Gasteiger partial charge in [-0.2, -0.15) is 0 Å². The van der Waals surface area contributed by atoms with Crippen LogP contribution in [0.4, 0.5) is 0 Å². The Morgan fingerprint density at radius 3 is 2.29 bits per heavy atom. The minimum absolute atomic E-state index is 0.118. The lowest BCUT2D eigenvalue weighted by atomic mass is 10.0. The van der Waals surface area contributed by atoms with Crippen molar-refractivity contribution in [2.45, 2.75) is 83.8 Å². The van der Waals surface area contributed by atoms with Gasteiger partial charge >= 0.3 is 0 Å². The average molecular weight is 317 g/mol. The fourth-order valence-electron chi connectivity index (χ4n) is 2.06. The Bertz CT molecular complexity index is 384. The summed E-state index contributed by atoms with van der Waals surface area (Å²) in [7, 11) is -1.88. The van der Waals surface area contributed by atoms with Gasteiger partial charge in [0.1, 0.15) is 18.3 Å². The summed E-state index contributed by atoms with van der Waals surface area (Å²) in [6, 6.07) is 0. The molecule has 1 fully saturated rings. The highest BCUT2D eigenvalue weighted by molar-refractivity contribution is 6.74. The van der Waals surface area contributed by atoms with Crippen LogP contribution in [0.3, 0.4) is 0 Å². The molecular formula is C16H32O4Si. The highest BCUT2D eigenvalue weighted by Gasteiger charge is 2.46. The minimum atomic E-state index is -1.88. The summed E-state index contributed by atoms with van der Waals surface area (Å²) in [4.78, 5) is 0. The van der Waals surface area contributed by atoms with E-state index in [0.717, 1.165) is 5.57 Å². The minimum Gasteiger partial charge on any atom is -0.414 e. The predicted molar refractivity (Wildman–Crippen MR) is 87.8 cm³/mol. The van der Waals surface area contributed by atoms with Gasteiger partial charge in [-0.25, -0.2) is 0 Å². The van der Waals surface area contributed by atoms with Crippen LogP contribution in [0.2, 0.25) is 18.1 Å². The third kappa shape index (κ3) is 4.63. The van der Waals surface area contributed by atoms with E-state index in [0.29, 0.717) is 0 Å². The van der Waals surface area contributed by atoms with Gasteiger partial charge in [-0.1, -0.05) is 27.4 Å². The van der Waals surface area contributed by atoms with Crippen molar-refractivity contribution < 1.29 is 19.0 Å². The molecule has 1 saturated heterocycles. The SMILES string of the molecule is C=C(C)[C@@H]1OC(C)(C)O[C@@H]1[C@H](O)CO[Si](C)(C)C(C)(C)C. The Labute approximate surface area is 130 Å². The number of aliphatic hydroxyl groups excluding tert-OH is 1. The molecule has 4 nitrogen and oxygen atoms in total. The molecule has 0 aromatic rings. The molecule has 1 N–H and O–H groups in total. The third-order valence-corrected chi connectivity index (χ3v) is 8.92. The van der Waals surface area contributed by atoms with Crippen molar-refractivity contribution in [3.63, 3.8) is 0 Å². The van der Waals surface area contributed by atoms with Crippen molar-refractivity contribution >= 4 is 8.32 Å². The van der Waals surface area contributed by atoms with Gasteiger partial charge in [-0.05, 0) is 44.5 Å². The topological polar surface area (TPSA) is 47.9 Å². The first-order valence-corrected chi connectivity index (χ1v) is 10.5. The second kappa shape index (κ2) is 6.12. The van der Waals surface area contributed by atoms with Crippen molar-refractivity contribution in [3.05, 3.63) is 12.2 Å². The van der Waals surface area contributed by atoms with E-state index in [1.54, 1.807) is 0 Å². The van der Waals surface area contributed by atoms with Gasteiger partial charge in [-0.3, -0.25) is 0 Å². The summed E-state index contributed by atoms with van der Waals surface area (Å²) in [5.41, 5.74) is 0.858. The maximum Gasteiger partial charge on any atom is 0.192 e. The van der Waals surface area contributed by atoms with E-state index in [4.69, 9.17) is 13.9 Å². The van der Waals surface area contributed by atoms with Gasteiger partial charge in [0.15, 0.2) is 14.1 Å². The summed E-state index contributed by atoms with van der Waals surface area (Å²) in [6.45, 7) is 20.7. The fourth-order valence-corrected chi connectivity index (χ4v) is 3.08. The van der Waals surface area contributed by atoms with Gasteiger partial charge in [0.05, 0.1) is 6.61 Å². The predicted octanol–water partition coefficient (Wildman–Crippen LogP) is 3.47. The van der Waals surface area contributed by atoms with Crippen molar-refractivity contribution in [1.82, 2.24) is 0 Å². The van der Waals surface area contributed by atoms with E-state index in [-0.39, 0.29) is 17.7 Å². The first-order valence-electron chi connectivity index (χ1n) is 7.60. The highest BCUT2D eigenvalue weighted by Crippen LogP contribution is 2.37. The molecule has 0 amide bonds. The van der Waals surface area contributed by atoms with Crippen molar-refractivity contribution in [3.8, 4) is 0 Å². The molecule has 1 aliphatic rings. The van der Waals surface area contributed by atoms with Crippen LogP contribution in [0, 0.1) is 0 Å². The maximum atomic E-state index is 10.5. The largest absolute Gasteiger partial charge is 0.414 e. The highest BCUT2D eigenvalue weighted by atomic mass is 28.4. The van der Waals surface area contributed by atoms with E-state index in [9.17, 15) is 5.11 Å². The van der Waals surface area contributed by atoms with Crippen LogP contribution in [0.25, 0.3) is 0 Å². The standard InChI is InChI=1S/C16H32O4Si/c1-11(2)13-14(20-16(6,7)19-13)12(17)10-18-21(8,9)15(3,4)5/h12-14,17H,1,10H2,2-9H3/t12-,13+,14-/m1/s1. The Hall–Kier alpha value is -0.203. The zero-order valence-corrected chi connectivity index (χ0v) is 15.8. The second-order valence-electron chi connectivity index (χ2n) is 8.01. The van der Waals surface area contributed by atoms with E-state index >= 15 is 0 Å². The molecule has 0 radical (unpaired) electrons. The molecule has 1 rings (SSSR count). The summed E-state index contributed by atoms with van der Waals surface area (Å²) in [5, 5.41) is 10.6. The second-order valence-corrected chi connectivity index (χ2v) is 12.8. The molecule has 0 aromatic heterocycles. The van der Waals surface area contributed by atoms with Crippen LogP contribution in [0.1, 0.15) is 41.5 Å². The average Bonchev–Trinajstić information content (AvgIpc) is 2.61. The van der Waals surface area contributed by atoms with Crippen molar-refractivity contribution in [2.75, 3.05) is 6.61 Å². The number of hydrogen-bond acceptors (Lipinski definition) is 4. The molecule has 5 heteroatoms. The van der Waals surface area contributed by atoms with Crippen LogP contribution in [-0.4, -0.2) is 44.1 Å². The van der Waals surface area contributed by atoms with E-state index in [2.05, 4.69) is 40.4 Å². The lowest BCUT2D eigenvalue weighted by Gasteiger charge is -2.37. The normalized spacial score (nSPS) is 27.7. The summed E-state index contributed by atoms with van der Waals surface area (Å²) >= 11 is 0. The third-order valence-electron chi connectivity index (χ3n) is 4.42. The van der Waals surface area contributed by atoms with E-state index in [1.165, 1.54) is 0 Å². The van der Waals surface area contributed by atoms with Crippen LogP contribution in [-0.2, 0) is 13.9 Å². The summed E-state index contributed by atoms with van der Waals surface area (Å²) < 4.78 is 17.7. The molecule has 124 valence electrons. The number of aliphatic hydroxyl groups is 1. The number of ether oxygens (including phenoxy) is 2. The smallest absolute Gasteiger partial charge is 0.192 e. The van der Waals surface area contributed by atoms with E-state index in [1.807, 2.05) is 20.8 Å². The van der Waals surface area contributed by atoms with Crippen LogP contribution < -0.4 is 0 Å². The van der Waals surface area contributed by atoms with Crippen molar-refractivity contribution in [1.29, 1.82) is 0 Å². The Morgan fingerprint density at radius 1 is 1.33 bits per heavy atom. The fraction of sp³-hybridized carbons (Fsp3) is 0.875. The van der Waals surface area contributed by atoms with Gasteiger partial charge in [0, 0.05) is 0 Å². The number of rotatable bonds is 5. The van der Waals surface area contributed by atoms with Gasteiger partial charge in [0.25, 0.3) is 0 Å². The summed E-state index contributed by atoms with van der Waals surface area (Å²) in [6.07, 6.45) is -1.44. The lowest BCUT2D eigenvalue weighted by molar-refractivity contribution is -0.155. The molecule has 0 unspecified atom stereocenters. The molecule has 3 atom stereocenters. The van der Waals surface area contributed by atoms with Crippen LogP contribution in [0.5, 0.6) is 0 Å². The molecule has 21 heavy (non-hydrogen) atoms. The van der Waals surface area contributed by atoms with Gasteiger partial charge in [-0.15, -0.1) is 0 Å². The Kier molecular flexibility index (Phi) is 5.50. The molecular weight excluding hydrogens is 284 g/mol. The van der Waals surface area contributed by atoms with Crippen LogP contribution >= 0.6 is 0 Å². The lowest BCUT2D eigenvalue weighted by Crippen LogP contribution is -2.46. The zero-order chi connectivity index (χ0) is 16.6. The molecule has 0 saturated carbocycles. The van der Waals surface area contributed by atoms with Crippen molar-refractivity contribution in [2.24, 2.45) is 0 Å². The monoisotopic (exact) mass is 316 g/mol. The Morgan fingerprint density at radius 2 is 1.86 bits per heavy atom. The molecule has 0 bridgehead atoms. The number of hydrogen-bond donors (Lipinski definition) is 1. The molecule has 1 heterocycles. The maximum absolute atomic E-state index is 10.5. The van der Waals surface area contributed by atoms with E-state index < -0.39 is 26.3 Å². The molecule has 0 aromatic carbocycles. The van der Waals surface area contributed by atoms with Gasteiger partial charge < -0.3 is 19.0 Å². The first-order chi connectivity index (χ1) is 9.27. The summed E-state index contributed by atoms with van der Waals surface area (Å²) in [5.74, 6) is -0.702. The Balaban J connectivity index is 2.71. The van der Waals surface area contributed by atoms with Gasteiger partial charge in [0.2, 0.25) is 0 Å². The molecule has 0 aliphatic carbocycles. The molecule has 1 aliphatic heterocycles. The van der Waals surface area contributed by atoms with Crippen LogP contribution in [0.15, 0.2) is 12.2 Å². The molecule has 0 spiro atoms. The quantitative estimate of drug-likeness (QED) is 0.623. The first kappa shape index (κ1) is 18.8.